The molecule has 0 aromatic heterocycles. The highest BCUT2D eigenvalue weighted by molar-refractivity contribution is 7.99. The Labute approximate surface area is 113 Å². The molecule has 0 heterocycles. The zero-order valence-corrected chi connectivity index (χ0v) is 11.8. The quantitative estimate of drug-likeness (QED) is 0.888. The lowest BCUT2D eigenvalue weighted by Gasteiger charge is -2.09. The number of aryl methyl sites for hydroxylation is 3. The fraction of sp³-hybridized carbons (Fsp3) is 0.250. The van der Waals surface area contributed by atoms with Gasteiger partial charge in [-0.2, -0.15) is 0 Å². The van der Waals surface area contributed by atoms with Crippen molar-refractivity contribution in [2.24, 2.45) is 0 Å². The Bertz CT molecular complexity index is 561. The standard InChI is InChI=1S/C16H18OS/c1-11-4-7-16(13(3)8-11)18-15-6-5-14(10-17)12(2)9-15/h4-9,17H,10H2,1-3H3. The molecular weight excluding hydrogens is 240 g/mol. The van der Waals surface area contributed by atoms with E-state index >= 15 is 0 Å². The summed E-state index contributed by atoms with van der Waals surface area (Å²) in [6.07, 6.45) is 0. The van der Waals surface area contributed by atoms with Gasteiger partial charge >= 0.3 is 0 Å². The third-order valence-electron chi connectivity index (χ3n) is 3.04. The Kier molecular flexibility index (Phi) is 4.10. The van der Waals surface area contributed by atoms with Crippen molar-refractivity contribution in [2.45, 2.75) is 37.2 Å². The van der Waals surface area contributed by atoms with Gasteiger partial charge in [0, 0.05) is 9.79 Å². The first kappa shape index (κ1) is 13.2. The second-order valence-electron chi connectivity index (χ2n) is 4.62. The third-order valence-corrected chi connectivity index (χ3v) is 4.21. The maximum Gasteiger partial charge on any atom is 0.0684 e. The molecule has 2 rings (SSSR count). The molecule has 0 fully saturated rings. The Hall–Kier alpha value is -1.25. The van der Waals surface area contributed by atoms with Crippen LogP contribution in [-0.4, -0.2) is 5.11 Å². The first-order valence-electron chi connectivity index (χ1n) is 6.05. The zero-order valence-electron chi connectivity index (χ0n) is 11.0. The van der Waals surface area contributed by atoms with Crippen molar-refractivity contribution in [2.75, 3.05) is 0 Å². The highest BCUT2D eigenvalue weighted by atomic mass is 32.2. The fourth-order valence-corrected chi connectivity index (χ4v) is 2.93. The smallest absolute Gasteiger partial charge is 0.0684 e. The van der Waals surface area contributed by atoms with Crippen molar-refractivity contribution in [3.8, 4) is 0 Å². The zero-order chi connectivity index (χ0) is 13.1. The molecule has 2 heteroatoms. The summed E-state index contributed by atoms with van der Waals surface area (Å²) in [6.45, 7) is 6.41. The molecule has 1 nitrogen and oxygen atoms in total. The van der Waals surface area contributed by atoms with Crippen molar-refractivity contribution < 1.29 is 5.11 Å². The largest absolute Gasteiger partial charge is 0.392 e. The molecule has 0 bridgehead atoms. The van der Waals surface area contributed by atoms with E-state index in [0.717, 1.165) is 11.1 Å². The highest BCUT2D eigenvalue weighted by Crippen LogP contribution is 2.31. The molecule has 0 saturated carbocycles. The lowest BCUT2D eigenvalue weighted by molar-refractivity contribution is 0.281. The van der Waals surface area contributed by atoms with E-state index in [1.165, 1.54) is 20.9 Å². The number of hydrogen-bond donors (Lipinski definition) is 1. The summed E-state index contributed by atoms with van der Waals surface area (Å²) in [7, 11) is 0. The summed E-state index contributed by atoms with van der Waals surface area (Å²) in [5.74, 6) is 0. The number of aliphatic hydroxyl groups is 1. The normalized spacial score (nSPS) is 10.7. The SMILES string of the molecule is Cc1ccc(Sc2ccc(CO)c(C)c2)c(C)c1. The summed E-state index contributed by atoms with van der Waals surface area (Å²) in [5, 5.41) is 9.17. The average Bonchev–Trinajstić information content (AvgIpc) is 2.33. The molecule has 0 unspecified atom stereocenters. The molecule has 2 aromatic rings. The van der Waals surface area contributed by atoms with Gasteiger partial charge in [0.2, 0.25) is 0 Å². The van der Waals surface area contributed by atoms with Crippen LogP contribution in [0.25, 0.3) is 0 Å². The second-order valence-corrected chi connectivity index (χ2v) is 5.73. The van der Waals surface area contributed by atoms with Crippen molar-refractivity contribution in [1.29, 1.82) is 0 Å². The molecule has 0 spiro atoms. The minimum Gasteiger partial charge on any atom is -0.392 e. The van der Waals surface area contributed by atoms with Gasteiger partial charge in [0.05, 0.1) is 6.61 Å². The molecule has 0 aliphatic heterocycles. The average molecular weight is 258 g/mol. The monoisotopic (exact) mass is 258 g/mol. The topological polar surface area (TPSA) is 20.2 Å². The molecule has 94 valence electrons. The molecule has 0 amide bonds. The summed E-state index contributed by atoms with van der Waals surface area (Å²) < 4.78 is 0. The van der Waals surface area contributed by atoms with E-state index in [1.807, 2.05) is 13.0 Å². The maximum atomic E-state index is 9.17. The van der Waals surface area contributed by atoms with E-state index in [9.17, 15) is 0 Å². The highest BCUT2D eigenvalue weighted by Gasteiger charge is 2.03. The van der Waals surface area contributed by atoms with Gasteiger partial charge in [-0.3, -0.25) is 0 Å². The van der Waals surface area contributed by atoms with E-state index in [2.05, 4.69) is 44.2 Å². The second kappa shape index (κ2) is 5.59. The van der Waals surface area contributed by atoms with Crippen LogP contribution in [0.1, 0.15) is 22.3 Å². The van der Waals surface area contributed by atoms with Crippen molar-refractivity contribution >= 4 is 11.8 Å². The summed E-state index contributed by atoms with van der Waals surface area (Å²) >= 11 is 1.77. The Balaban J connectivity index is 2.26. The molecule has 0 saturated heterocycles. The van der Waals surface area contributed by atoms with Gasteiger partial charge in [0.1, 0.15) is 0 Å². The molecule has 0 aliphatic rings. The van der Waals surface area contributed by atoms with Gasteiger partial charge in [-0.15, -0.1) is 0 Å². The first-order valence-corrected chi connectivity index (χ1v) is 6.87. The van der Waals surface area contributed by atoms with Crippen LogP contribution in [-0.2, 0) is 6.61 Å². The Morgan fingerprint density at radius 1 is 0.944 bits per heavy atom. The van der Waals surface area contributed by atoms with Gasteiger partial charge in [-0.05, 0) is 55.7 Å². The summed E-state index contributed by atoms with van der Waals surface area (Å²) in [5.41, 5.74) is 4.75. The van der Waals surface area contributed by atoms with Crippen LogP contribution in [0.4, 0.5) is 0 Å². The first-order chi connectivity index (χ1) is 8.60. The van der Waals surface area contributed by atoms with Gasteiger partial charge in [-0.1, -0.05) is 35.5 Å². The number of benzene rings is 2. The van der Waals surface area contributed by atoms with Crippen LogP contribution in [0, 0.1) is 20.8 Å². The van der Waals surface area contributed by atoms with Crippen LogP contribution in [0.3, 0.4) is 0 Å². The van der Waals surface area contributed by atoms with Crippen LogP contribution >= 0.6 is 11.8 Å². The minimum absolute atomic E-state index is 0.111. The molecule has 18 heavy (non-hydrogen) atoms. The molecule has 2 aromatic carbocycles. The van der Waals surface area contributed by atoms with Gasteiger partial charge in [-0.25, -0.2) is 0 Å². The van der Waals surface area contributed by atoms with Crippen LogP contribution in [0.5, 0.6) is 0 Å². The number of aliphatic hydroxyl groups excluding tert-OH is 1. The van der Waals surface area contributed by atoms with Crippen LogP contribution in [0.15, 0.2) is 46.2 Å². The molecule has 1 N–H and O–H groups in total. The number of rotatable bonds is 3. The van der Waals surface area contributed by atoms with Gasteiger partial charge in [0.15, 0.2) is 0 Å². The Morgan fingerprint density at radius 2 is 1.72 bits per heavy atom. The predicted octanol–water partition coefficient (Wildman–Crippen LogP) is 4.26. The predicted molar refractivity (Wildman–Crippen MR) is 77.1 cm³/mol. The van der Waals surface area contributed by atoms with Gasteiger partial charge < -0.3 is 5.11 Å². The maximum absolute atomic E-state index is 9.17. The van der Waals surface area contributed by atoms with Gasteiger partial charge in [0.25, 0.3) is 0 Å². The lowest BCUT2D eigenvalue weighted by atomic mass is 10.1. The molecule has 0 atom stereocenters. The number of hydrogen-bond acceptors (Lipinski definition) is 2. The third kappa shape index (κ3) is 2.95. The van der Waals surface area contributed by atoms with E-state index in [-0.39, 0.29) is 6.61 Å². The minimum atomic E-state index is 0.111. The van der Waals surface area contributed by atoms with Crippen molar-refractivity contribution in [3.05, 3.63) is 58.7 Å². The molecular formula is C16H18OS. The van der Waals surface area contributed by atoms with E-state index < -0.39 is 0 Å². The van der Waals surface area contributed by atoms with Crippen LogP contribution < -0.4 is 0 Å². The van der Waals surface area contributed by atoms with Crippen molar-refractivity contribution in [3.63, 3.8) is 0 Å². The molecule has 0 radical (unpaired) electrons. The summed E-state index contributed by atoms with van der Waals surface area (Å²) in [6, 6.07) is 12.7. The Morgan fingerprint density at radius 3 is 2.33 bits per heavy atom. The van der Waals surface area contributed by atoms with E-state index in [4.69, 9.17) is 5.11 Å². The van der Waals surface area contributed by atoms with E-state index in [0.29, 0.717) is 0 Å². The van der Waals surface area contributed by atoms with Crippen molar-refractivity contribution in [1.82, 2.24) is 0 Å². The lowest BCUT2D eigenvalue weighted by Crippen LogP contribution is -1.88. The van der Waals surface area contributed by atoms with Crippen LogP contribution in [0.2, 0.25) is 0 Å². The van der Waals surface area contributed by atoms with E-state index in [1.54, 1.807) is 11.8 Å². The molecule has 0 aliphatic carbocycles. The summed E-state index contributed by atoms with van der Waals surface area (Å²) in [4.78, 5) is 2.51. The fourth-order valence-electron chi connectivity index (χ4n) is 1.95.